The minimum atomic E-state index is -0.940. The lowest BCUT2D eigenvalue weighted by molar-refractivity contribution is -0.00189. The number of hydrogen-bond acceptors (Lipinski definition) is 2. The summed E-state index contributed by atoms with van der Waals surface area (Å²) < 4.78 is 6.32. The van der Waals surface area contributed by atoms with E-state index < -0.39 is 5.60 Å². The molecule has 0 radical (unpaired) electrons. The van der Waals surface area contributed by atoms with E-state index in [9.17, 15) is 5.11 Å². The normalized spacial score (nSPS) is 29.3. The molecule has 0 spiro atoms. The first-order valence-corrected chi connectivity index (χ1v) is 11.6. The highest BCUT2D eigenvalue weighted by Gasteiger charge is 2.66. The minimum Gasteiger partial charge on any atom is -0.374 e. The summed E-state index contributed by atoms with van der Waals surface area (Å²) in [5.41, 5.74) is -1.32. The largest absolute Gasteiger partial charge is 0.374 e. The molecule has 0 aromatic carbocycles. The second kappa shape index (κ2) is 11.4. The molecule has 150 valence electrons. The smallest absolute Gasteiger partial charge is 0.156 e. The topological polar surface area (TPSA) is 32.8 Å². The number of epoxide rings is 1. The van der Waals surface area contributed by atoms with Gasteiger partial charge in [-0.25, -0.2) is 0 Å². The molecule has 2 aliphatic rings. The number of unbranched alkanes of at least 4 members (excludes halogenated alkanes) is 4. The molecule has 2 fully saturated rings. The monoisotopic (exact) mass is 362 g/mol. The van der Waals surface area contributed by atoms with E-state index in [2.05, 4.69) is 25.7 Å². The van der Waals surface area contributed by atoms with Gasteiger partial charge in [0.2, 0.25) is 0 Å². The van der Waals surface area contributed by atoms with E-state index in [1.165, 1.54) is 70.6 Å². The second-order valence-electron chi connectivity index (χ2n) is 8.59. The maximum absolute atomic E-state index is 11.7. The number of ether oxygens (including phenoxy) is 1. The van der Waals surface area contributed by atoms with Crippen LogP contribution in [0.3, 0.4) is 0 Å². The predicted molar refractivity (Wildman–Crippen MR) is 110 cm³/mol. The number of fused-ring (bicyclic) bond motifs is 1. The van der Waals surface area contributed by atoms with Gasteiger partial charge >= 0.3 is 0 Å². The third-order valence-electron chi connectivity index (χ3n) is 6.34. The molecule has 0 aromatic heterocycles. The second-order valence-corrected chi connectivity index (χ2v) is 8.59. The van der Waals surface area contributed by atoms with Crippen molar-refractivity contribution in [2.45, 2.75) is 140 Å². The van der Waals surface area contributed by atoms with Crippen LogP contribution in [0, 0.1) is 11.8 Å². The fourth-order valence-electron chi connectivity index (χ4n) is 4.60. The lowest BCUT2D eigenvalue weighted by Gasteiger charge is -2.31. The van der Waals surface area contributed by atoms with E-state index in [-0.39, 0.29) is 11.7 Å². The molecule has 3 unspecified atom stereocenters. The summed E-state index contributed by atoms with van der Waals surface area (Å²) in [4.78, 5) is 0. The SMILES string of the molecule is CCCC#CC(O)(CCCCCC)C12CCCCCCCCCCC1O2. The zero-order chi connectivity index (χ0) is 18.7. The Labute approximate surface area is 162 Å². The molecule has 1 saturated heterocycles. The Morgan fingerprint density at radius 3 is 2.31 bits per heavy atom. The first kappa shape index (κ1) is 21.8. The van der Waals surface area contributed by atoms with Crippen LogP contribution in [0.2, 0.25) is 0 Å². The van der Waals surface area contributed by atoms with Crippen LogP contribution in [-0.2, 0) is 4.74 Å². The summed E-state index contributed by atoms with van der Waals surface area (Å²) in [5, 5.41) is 11.7. The third-order valence-corrected chi connectivity index (χ3v) is 6.34. The van der Waals surface area contributed by atoms with E-state index in [1.54, 1.807) is 0 Å². The Hall–Kier alpha value is -0.520. The highest BCUT2D eigenvalue weighted by Crippen LogP contribution is 2.53. The van der Waals surface area contributed by atoms with Crippen LogP contribution in [0.4, 0.5) is 0 Å². The van der Waals surface area contributed by atoms with Crippen molar-refractivity contribution in [2.75, 3.05) is 0 Å². The molecule has 26 heavy (non-hydrogen) atoms. The molecule has 0 bridgehead atoms. The Kier molecular flexibility index (Phi) is 9.51. The Balaban J connectivity index is 2.09. The zero-order valence-corrected chi connectivity index (χ0v) is 17.5. The van der Waals surface area contributed by atoms with Crippen LogP contribution in [0.1, 0.15) is 123 Å². The standard InChI is InChI=1S/C24H42O2/c1-3-5-7-16-20-23(25,19-15-6-4-2)24-21-17-13-11-9-8-10-12-14-18-22(24)26-24/h22,25H,3-14,16-18,20-21H2,1-2H3. The molecule has 1 heterocycles. The Morgan fingerprint density at radius 2 is 1.62 bits per heavy atom. The summed E-state index contributed by atoms with van der Waals surface area (Å²) >= 11 is 0. The summed E-state index contributed by atoms with van der Waals surface area (Å²) in [5.74, 6) is 6.59. The lowest BCUT2D eigenvalue weighted by Crippen LogP contribution is -2.46. The molecular weight excluding hydrogens is 320 g/mol. The van der Waals surface area contributed by atoms with E-state index >= 15 is 0 Å². The van der Waals surface area contributed by atoms with Gasteiger partial charge in [-0.3, -0.25) is 0 Å². The van der Waals surface area contributed by atoms with Crippen LogP contribution >= 0.6 is 0 Å². The van der Waals surface area contributed by atoms with E-state index in [4.69, 9.17) is 4.74 Å². The van der Waals surface area contributed by atoms with Gasteiger partial charge in [0.1, 0.15) is 5.60 Å². The molecule has 0 aromatic rings. The van der Waals surface area contributed by atoms with Gasteiger partial charge < -0.3 is 9.84 Å². The van der Waals surface area contributed by atoms with E-state index in [1.807, 2.05) is 0 Å². The van der Waals surface area contributed by atoms with Gasteiger partial charge in [0.25, 0.3) is 0 Å². The summed E-state index contributed by atoms with van der Waals surface area (Å²) in [6.45, 7) is 4.39. The summed E-state index contributed by atoms with van der Waals surface area (Å²) in [6, 6.07) is 0. The fraction of sp³-hybridized carbons (Fsp3) is 0.917. The zero-order valence-electron chi connectivity index (χ0n) is 17.5. The first-order chi connectivity index (χ1) is 12.7. The molecule has 1 aliphatic heterocycles. The van der Waals surface area contributed by atoms with Gasteiger partial charge in [-0.1, -0.05) is 90.4 Å². The highest BCUT2D eigenvalue weighted by molar-refractivity contribution is 5.29. The highest BCUT2D eigenvalue weighted by atomic mass is 16.6. The van der Waals surface area contributed by atoms with E-state index in [0.29, 0.717) is 0 Å². The van der Waals surface area contributed by atoms with Crippen molar-refractivity contribution in [3.8, 4) is 11.8 Å². The molecule has 1 saturated carbocycles. The van der Waals surface area contributed by atoms with Crippen molar-refractivity contribution in [2.24, 2.45) is 0 Å². The molecule has 2 heteroatoms. The average Bonchev–Trinajstić information content (AvgIpc) is 3.34. The minimum absolute atomic E-state index is 0.231. The van der Waals surface area contributed by atoms with Crippen molar-refractivity contribution in [1.82, 2.24) is 0 Å². The quantitative estimate of drug-likeness (QED) is 0.317. The van der Waals surface area contributed by atoms with Crippen LogP contribution in [-0.4, -0.2) is 22.4 Å². The number of hydrogen-bond donors (Lipinski definition) is 1. The van der Waals surface area contributed by atoms with Crippen LogP contribution in [0.25, 0.3) is 0 Å². The van der Waals surface area contributed by atoms with Crippen molar-refractivity contribution in [1.29, 1.82) is 0 Å². The van der Waals surface area contributed by atoms with Gasteiger partial charge in [-0.05, 0) is 32.1 Å². The van der Waals surface area contributed by atoms with Gasteiger partial charge in [-0.2, -0.15) is 0 Å². The predicted octanol–water partition coefficient (Wildman–Crippen LogP) is 6.54. The number of rotatable bonds is 7. The Morgan fingerprint density at radius 1 is 0.923 bits per heavy atom. The molecule has 1 N–H and O–H groups in total. The van der Waals surface area contributed by atoms with Gasteiger partial charge in [0.05, 0.1) is 6.10 Å². The Bertz CT molecular complexity index is 449. The fourth-order valence-corrected chi connectivity index (χ4v) is 4.60. The van der Waals surface area contributed by atoms with Crippen LogP contribution in [0.15, 0.2) is 0 Å². The van der Waals surface area contributed by atoms with Crippen molar-refractivity contribution < 1.29 is 9.84 Å². The molecule has 1 aliphatic carbocycles. The molecule has 2 nitrogen and oxygen atoms in total. The first-order valence-electron chi connectivity index (χ1n) is 11.6. The summed E-state index contributed by atoms with van der Waals surface area (Å²) in [7, 11) is 0. The molecule has 2 rings (SSSR count). The lowest BCUT2D eigenvalue weighted by atomic mass is 9.76. The van der Waals surface area contributed by atoms with Gasteiger partial charge in [0, 0.05) is 6.42 Å². The average molecular weight is 363 g/mol. The number of aliphatic hydroxyl groups is 1. The van der Waals surface area contributed by atoms with Crippen LogP contribution < -0.4 is 0 Å². The maximum atomic E-state index is 11.7. The van der Waals surface area contributed by atoms with Gasteiger partial charge in [-0.15, -0.1) is 5.92 Å². The molecule has 0 amide bonds. The molecule has 3 atom stereocenters. The van der Waals surface area contributed by atoms with Crippen LogP contribution in [0.5, 0.6) is 0 Å². The third kappa shape index (κ3) is 6.00. The maximum Gasteiger partial charge on any atom is 0.156 e. The van der Waals surface area contributed by atoms with Crippen molar-refractivity contribution in [3.05, 3.63) is 0 Å². The van der Waals surface area contributed by atoms with Crippen molar-refractivity contribution >= 4 is 0 Å². The molecular formula is C24H42O2. The van der Waals surface area contributed by atoms with E-state index in [0.717, 1.165) is 38.5 Å². The van der Waals surface area contributed by atoms with Crippen molar-refractivity contribution in [3.63, 3.8) is 0 Å². The summed E-state index contributed by atoms with van der Waals surface area (Å²) in [6.07, 6.45) is 20.2. The van der Waals surface area contributed by atoms with Gasteiger partial charge in [0.15, 0.2) is 5.60 Å².